The molecule has 0 bridgehead atoms. The Kier molecular flexibility index (Phi) is 6.79. The summed E-state index contributed by atoms with van der Waals surface area (Å²) in [6.07, 6.45) is 0.189. The Balaban J connectivity index is 1.45. The molecule has 4 aromatic rings. The van der Waals surface area contributed by atoms with Gasteiger partial charge in [-0.1, -0.05) is 30.3 Å². The predicted octanol–water partition coefficient (Wildman–Crippen LogP) is 3.16. The molecule has 34 heavy (non-hydrogen) atoms. The zero-order valence-corrected chi connectivity index (χ0v) is 18.8. The van der Waals surface area contributed by atoms with Crippen molar-refractivity contribution in [1.82, 2.24) is 9.97 Å². The van der Waals surface area contributed by atoms with Crippen LogP contribution < -0.4 is 10.9 Å². The molecule has 0 atom stereocenters. The van der Waals surface area contributed by atoms with Crippen molar-refractivity contribution in [2.24, 2.45) is 0 Å². The summed E-state index contributed by atoms with van der Waals surface area (Å²) in [5.74, 6) is -1.48. The van der Waals surface area contributed by atoms with Crippen molar-refractivity contribution in [3.05, 3.63) is 92.2 Å². The van der Waals surface area contributed by atoms with Crippen LogP contribution in [0, 0.1) is 0 Å². The summed E-state index contributed by atoms with van der Waals surface area (Å²) in [6.45, 7) is -0.547. The minimum absolute atomic E-state index is 0.189. The standard InChI is InChI=1S/C24H19N3O6S/c1-32-24(31)21-18(10-11-34-21)26-20(28)13-33-23(30)15-7-3-2-6-14(15)12-19-25-17-9-5-4-8-16(17)22(29)27-19/h2-11H,12-13H2,1H3,(H,26,28)(H,25,27,29). The molecular formula is C24H19N3O6S. The van der Waals surface area contributed by atoms with Crippen molar-refractivity contribution in [3.63, 3.8) is 0 Å². The molecule has 0 saturated heterocycles. The molecule has 0 radical (unpaired) electrons. The summed E-state index contributed by atoms with van der Waals surface area (Å²) < 4.78 is 9.86. The molecule has 0 fully saturated rings. The Labute approximate surface area is 197 Å². The van der Waals surface area contributed by atoms with Gasteiger partial charge >= 0.3 is 11.9 Å². The Bertz CT molecular complexity index is 1440. The summed E-state index contributed by atoms with van der Waals surface area (Å²) in [6, 6.07) is 15.3. The van der Waals surface area contributed by atoms with E-state index < -0.39 is 24.5 Å². The zero-order valence-electron chi connectivity index (χ0n) is 18.0. The first-order chi connectivity index (χ1) is 16.5. The smallest absolute Gasteiger partial charge is 0.350 e. The molecule has 2 heterocycles. The third-order valence-electron chi connectivity index (χ3n) is 4.90. The number of aromatic amines is 1. The second-order valence-electron chi connectivity index (χ2n) is 7.14. The Morgan fingerprint density at radius 3 is 2.62 bits per heavy atom. The van der Waals surface area contributed by atoms with E-state index >= 15 is 0 Å². The maximum Gasteiger partial charge on any atom is 0.350 e. The number of amides is 1. The van der Waals surface area contributed by atoms with Gasteiger partial charge in [-0.2, -0.15) is 0 Å². The number of thiophene rings is 1. The van der Waals surface area contributed by atoms with Crippen LogP contribution in [-0.4, -0.2) is 41.5 Å². The second kappa shape index (κ2) is 10.1. The van der Waals surface area contributed by atoms with E-state index in [1.165, 1.54) is 7.11 Å². The minimum Gasteiger partial charge on any atom is -0.465 e. The second-order valence-corrected chi connectivity index (χ2v) is 8.06. The van der Waals surface area contributed by atoms with Crippen LogP contribution in [0.3, 0.4) is 0 Å². The third-order valence-corrected chi connectivity index (χ3v) is 5.80. The number of methoxy groups -OCH3 is 1. The number of nitrogens with one attached hydrogen (secondary N) is 2. The van der Waals surface area contributed by atoms with Gasteiger partial charge in [0.05, 0.1) is 29.3 Å². The summed E-state index contributed by atoms with van der Waals surface area (Å²) in [4.78, 5) is 56.5. The van der Waals surface area contributed by atoms with Gasteiger partial charge < -0.3 is 19.8 Å². The van der Waals surface area contributed by atoms with E-state index in [1.54, 1.807) is 60.0 Å². The van der Waals surface area contributed by atoms with E-state index in [1.807, 2.05) is 0 Å². The molecular weight excluding hydrogens is 458 g/mol. The molecule has 0 aliphatic heterocycles. The quantitative estimate of drug-likeness (QED) is 0.391. The van der Waals surface area contributed by atoms with Gasteiger partial charge in [-0.3, -0.25) is 9.59 Å². The number of esters is 2. The topological polar surface area (TPSA) is 127 Å². The average Bonchev–Trinajstić information content (AvgIpc) is 3.30. The van der Waals surface area contributed by atoms with Crippen molar-refractivity contribution < 1.29 is 23.9 Å². The van der Waals surface area contributed by atoms with Crippen LogP contribution in [0.5, 0.6) is 0 Å². The molecule has 1 amide bonds. The lowest BCUT2D eigenvalue weighted by Crippen LogP contribution is -2.22. The largest absolute Gasteiger partial charge is 0.465 e. The fourth-order valence-corrected chi connectivity index (χ4v) is 4.09. The first-order valence-electron chi connectivity index (χ1n) is 10.1. The Morgan fingerprint density at radius 2 is 1.79 bits per heavy atom. The highest BCUT2D eigenvalue weighted by molar-refractivity contribution is 7.12. The van der Waals surface area contributed by atoms with Crippen LogP contribution in [0.4, 0.5) is 5.69 Å². The van der Waals surface area contributed by atoms with Crippen molar-refractivity contribution in [3.8, 4) is 0 Å². The predicted molar refractivity (Wildman–Crippen MR) is 126 cm³/mol. The minimum atomic E-state index is -0.701. The molecule has 0 aliphatic rings. The van der Waals surface area contributed by atoms with Gasteiger partial charge in [-0.25, -0.2) is 14.6 Å². The zero-order chi connectivity index (χ0) is 24.1. The van der Waals surface area contributed by atoms with Crippen LogP contribution in [0.1, 0.15) is 31.4 Å². The molecule has 172 valence electrons. The maximum absolute atomic E-state index is 12.7. The lowest BCUT2D eigenvalue weighted by molar-refractivity contribution is -0.119. The number of carbonyl (C=O) groups is 3. The van der Waals surface area contributed by atoms with E-state index in [0.717, 1.165) is 11.3 Å². The highest BCUT2D eigenvalue weighted by Gasteiger charge is 2.18. The van der Waals surface area contributed by atoms with Gasteiger partial charge in [0.1, 0.15) is 10.7 Å². The van der Waals surface area contributed by atoms with Gasteiger partial charge in [0.2, 0.25) is 0 Å². The van der Waals surface area contributed by atoms with E-state index in [4.69, 9.17) is 4.74 Å². The molecule has 9 nitrogen and oxygen atoms in total. The van der Waals surface area contributed by atoms with Crippen LogP contribution in [0.25, 0.3) is 10.9 Å². The lowest BCUT2D eigenvalue weighted by Gasteiger charge is -2.10. The number of nitrogens with zero attached hydrogens (tertiary/aromatic N) is 1. The van der Waals surface area contributed by atoms with Gasteiger partial charge in [0, 0.05) is 6.42 Å². The number of fused-ring (bicyclic) bond motifs is 1. The molecule has 2 aromatic carbocycles. The Hall–Kier alpha value is -4.31. The highest BCUT2D eigenvalue weighted by atomic mass is 32.1. The van der Waals surface area contributed by atoms with E-state index in [0.29, 0.717) is 22.3 Å². The lowest BCUT2D eigenvalue weighted by atomic mass is 10.0. The van der Waals surface area contributed by atoms with Crippen molar-refractivity contribution in [2.45, 2.75) is 6.42 Å². The number of rotatable bonds is 7. The van der Waals surface area contributed by atoms with Crippen LogP contribution in [-0.2, 0) is 20.7 Å². The SMILES string of the molecule is COC(=O)c1sccc1NC(=O)COC(=O)c1ccccc1Cc1nc2ccccc2c(=O)[nH]1. The molecule has 2 aromatic heterocycles. The first-order valence-corrected chi connectivity index (χ1v) is 11.0. The summed E-state index contributed by atoms with van der Waals surface area (Å²) in [5.41, 5.74) is 1.40. The van der Waals surface area contributed by atoms with Crippen molar-refractivity contribution in [1.29, 1.82) is 0 Å². The molecule has 4 rings (SSSR count). The molecule has 0 unspecified atom stereocenters. The van der Waals surface area contributed by atoms with E-state index in [-0.39, 0.29) is 28.1 Å². The molecule has 0 spiro atoms. The monoisotopic (exact) mass is 477 g/mol. The fourth-order valence-electron chi connectivity index (χ4n) is 3.33. The summed E-state index contributed by atoms with van der Waals surface area (Å²) in [5, 5.41) is 4.65. The summed E-state index contributed by atoms with van der Waals surface area (Å²) >= 11 is 1.12. The number of benzene rings is 2. The number of aromatic nitrogens is 2. The van der Waals surface area contributed by atoms with Crippen LogP contribution in [0.2, 0.25) is 0 Å². The van der Waals surface area contributed by atoms with Gasteiger partial charge in [-0.05, 0) is 35.2 Å². The number of ether oxygens (including phenoxy) is 2. The number of anilines is 1. The average molecular weight is 477 g/mol. The normalized spacial score (nSPS) is 10.6. The third kappa shape index (κ3) is 5.02. The first kappa shape index (κ1) is 22.9. The molecule has 0 aliphatic carbocycles. The van der Waals surface area contributed by atoms with Crippen LogP contribution in [0.15, 0.2) is 64.8 Å². The van der Waals surface area contributed by atoms with Gasteiger partial charge in [0.15, 0.2) is 6.61 Å². The van der Waals surface area contributed by atoms with Gasteiger partial charge in [-0.15, -0.1) is 11.3 Å². The number of hydrogen-bond donors (Lipinski definition) is 2. The number of H-pyrrole nitrogens is 1. The molecule has 2 N–H and O–H groups in total. The fraction of sp³-hybridized carbons (Fsp3) is 0.125. The number of carbonyl (C=O) groups excluding carboxylic acids is 3. The van der Waals surface area contributed by atoms with Crippen LogP contribution >= 0.6 is 11.3 Å². The maximum atomic E-state index is 12.7. The highest BCUT2D eigenvalue weighted by Crippen LogP contribution is 2.23. The van der Waals surface area contributed by atoms with E-state index in [9.17, 15) is 19.2 Å². The van der Waals surface area contributed by atoms with Crippen molar-refractivity contribution in [2.75, 3.05) is 19.0 Å². The van der Waals surface area contributed by atoms with Crippen molar-refractivity contribution >= 4 is 45.8 Å². The number of para-hydroxylation sites is 1. The molecule has 0 saturated carbocycles. The van der Waals surface area contributed by atoms with Gasteiger partial charge in [0.25, 0.3) is 11.5 Å². The van der Waals surface area contributed by atoms with E-state index in [2.05, 4.69) is 20.0 Å². The number of hydrogen-bond acceptors (Lipinski definition) is 8. The Morgan fingerprint density at radius 1 is 1.03 bits per heavy atom. The molecule has 10 heteroatoms. The summed E-state index contributed by atoms with van der Waals surface area (Å²) in [7, 11) is 1.25.